The molecule has 1 aromatic heterocycles. The Labute approximate surface area is 161 Å². The van der Waals surface area contributed by atoms with Crippen molar-refractivity contribution in [1.82, 2.24) is 4.98 Å². The molecule has 0 aliphatic heterocycles. The summed E-state index contributed by atoms with van der Waals surface area (Å²) in [6, 6.07) is 11.9. The third-order valence-electron chi connectivity index (χ3n) is 5.02. The minimum Gasteiger partial charge on any atom is -0.468 e. The van der Waals surface area contributed by atoms with E-state index in [1.54, 1.807) is 12.1 Å². The Morgan fingerprint density at radius 3 is 2.14 bits per heavy atom. The van der Waals surface area contributed by atoms with Crippen molar-refractivity contribution in [2.45, 2.75) is 15.6 Å². The summed E-state index contributed by atoms with van der Waals surface area (Å²) in [5.41, 5.74) is -2.14. The van der Waals surface area contributed by atoms with Crippen molar-refractivity contribution in [2.75, 3.05) is 14.2 Å². The van der Waals surface area contributed by atoms with Crippen LogP contribution in [0.3, 0.4) is 0 Å². The van der Waals surface area contributed by atoms with Crippen LogP contribution in [-0.4, -0.2) is 44.3 Å². The second kappa shape index (κ2) is 6.73. The Kier molecular flexibility index (Phi) is 4.69. The monoisotopic (exact) mass is 400 g/mol. The predicted molar refractivity (Wildman–Crippen MR) is 95.4 cm³/mol. The standard InChI is InChI=1S/C19H16N2O6S/c1-26-16(22)19(17(23)27-2)15(13-7-6-10-21-11-13)18(19,12-20)28(24,25)14-8-4-3-5-9-14/h3-11,15H,1-2H3/t15-,18-/m0/s1. The molecule has 0 amide bonds. The number of hydrogen-bond donors (Lipinski definition) is 0. The predicted octanol–water partition coefficient (Wildman–Crippen LogP) is 1.25. The van der Waals surface area contributed by atoms with Crippen LogP contribution in [0.25, 0.3) is 0 Å². The lowest BCUT2D eigenvalue weighted by atomic mass is 9.99. The highest BCUT2D eigenvalue weighted by Gasteiger charge is 2.93. The van der Waals surface area contributed by atoms with Gasteiger partial charge in [0.25, 0.3) is 0 Å². The second-order valence-corrected chi connectivity index (χ2v) is 8.30. The van der Waals surface area contributed by atoms with Crippen molar-refractivity contribution in [3.05, 3.63) is 60.4 Å². The van der Waals surface area contributed by atoms with Crippen molar-refractivity contribution in [1.29, 1.82) is 5.26 Å². The van der Waals surface area contributed by atoms with E-state index in [9.17, 15) is 23.3 Å². The topological polar surface area (TPSA) is 123 Å². The number of carbonyl (C=O) groups is 2. The molecule has 1 aromatic carbocycles. The van der Waals surface area contributed by atoms with Crippen LogP contribution in [0, 0.1) is 16.7 Å². The molecule has 3 rings (SSSR count). The van der Waals surface area contributed by atoms with Gasteiger partial charge in [0.1, 0.15) is 0 Å². The number of sulfone groups is 1. The summed E-state index contributed by atoms with van der Waals surface area (Å²) < 4.78 is 34.1. The van der Waals surface area contributed by atoms with Crippen molar-refractivity contribution < 1.29 is 27.5 Å². The van der Waals surface area contributed by atoms with Gasteiger partial charge in [0.2, 0.25) is 5.41 Å². The van der Waals surface area contributed by atoms with Crippen LogP contribution >= 0.6 is 0 Å². The summed E-state index contributed by atoms with van der Waals surface area (Å²) in [7, 11) is -2.45. The number of nitrogens with zero attached hydrogens (tertiary/aromatic N) is 2. The third kappa shape index (κ3) is 2.21. The van der Waals surface area contributed by atoms with E-state index in [-0.39, 0.29) is 10.5 Å². The van der Waals surface area contributed by atoms with E-state index >= 15 is 0 Å². The lowest BCUT2D eigenvalue weighted by Crippen LogP contribution is -2.40. The fraction of sp³-hybridized carbons (Fsp3) is 0.263. The van der Waals surface area contributed by atoms with Crippen molar-refractivity contribution in [3.8, 4) is 6.07 Å². The molecule has 28 heavy (non-hydrogen) atoms. The van der Waals surface area contributed by atoms with Crippen LogP contribution in [-0.2, 0) is 28.9 Å². The normalized spacial score (nSPS) is 22.5. The Hall–Kier alpha value is -3.25. The molecular formula is C19H16N2O6S. The zero-order valence-electron chi connectivity index (χ0n) is 15.0. The summed E-state index contributed by atoms with van der Waals surface area (Å²) in [4.78, 5) is 29.3. The van der Waals surface area contributed by atoms with Gasteiger partial charge in [0.05, 0.1) is 31.1 Å². The van der Waals surface area contributed by atoms with Crippen LogP contribution in [0.15, 0.2) is 59.8 Å². The van der Waals surface area contributed by atoms with Gasteiger partial charge in [-0.15, -0.1) is 0 Å². The van der Waals surface area contributed by atoms with Gasteiger partial charge in [-0.05, 0) is 23.8 Å². The van der Waals surface area contributed by atoms with Gasteiger partial charge in [-0.25, -0.2) is 8.42 Å². The number of rotatable bonds is 5. The molecule has 0 radical (unpaired) electrons. The van der Waals surface area contributed by atoms with Crippen molar-refractivity contribution in [2.24, 2.45) is 5.41 Å². The zero-order chi connectivity index (χ0) is 20.6. The highest BCUT2D eigenvalue weighted by Crippen LogP contribution is 2.73. The molecule has 0 saturated heterocycles. The number of hydrogen-bond acceptors (Lipinski definition) is 8. The first-order valence-corrected chi connectivity index (χ1v) is 9.62. The van der Waals surface area contributed by atoms with Crippen LogP contribution in [0.4, 0.5) is 0 Å². The molecule has 8 nitrogen and oxygen atoms in total. The van der Waals surface area contributed by atoms with E-state index < -0.39 is 37.9 Å². The largest absolute Gasteiger partial charge is 0.468 e. The number of aromatic nitrogens is 1. The van der Waals surface area contributed by atoms with Crippen LogP contribution in [0.2, 0.25) is 0 Å². The van der Waals surface area contributed by atoms with E-state index in [0.717, 1.165) is 14.2 Å². The van der Waals surface area contributed by atoms with Crippen LogP contribution < -0.4 is 0 Å². The first-order valence-electron chi connectivity index (χ1n) is 8.14. The fourth-order valence-corrected chi connectivity index (χ4v) is 6.07. The molecule has 1 saturated carbocycles. The zero-order valence-corrected chi connectivity index (χ0v) is 15.8. The Balaban J connectivity index is 2.38. The molecule has 1 aliphatic carbocycles. The highest BCUT2D eigenvalue weighted by molar-refractivity contribution is 7.93. The van der Waals surface area contributed by atoms with E-state index in [1.165, 1.54) is 48.8 Å². The minimum absolute atomic E-state index is 0.194. The average Bonchev–Trinajstić information content (AvgIpc) is 3.40. The quantitative estimate of drug-likeness (QED) is 0.543. The maximum atomic E-state index is 13.5. The lowest BCUT2D eigenvalue weighted by molar-refractivity contribution is -0.161. The molecular weight excluding hydrogens is 384 g/mol. The van der Waals surface area contributed by atoms with E-state index in [1.807, 2.05) is 0 Å². The van der Waals surface area contributed by atoms with Crippen molar-refractivity contribution in [3.63, 3.8) is 0 Å². The second-order valence-electron chi connectivity index (χ2n) is 6.17. The molecule has 0 spiro atoms. The molecule has 1 fully saturated rings. The molecule has 0 N–H and O–H groups in total. The smallest absolute Gasteiger partial charge is 0.326 e. The summed E-state index contributed by atoms with van der Waals surface area (Å²) >= 11 is 0. The summed E-state index contributed by atoms with van der Waals surface area (Å²) in [6.07, 6.45) is 2.76. The Morgan fingerprint density at radius 1 is 1.07 bits per heavy atom. The number of carbonyl (C=O) groups excluding carboxylic acids is 2. The van der Waals surface area contributed by atoms with E-state index in [2.05, 4.69) is 4.98 Å². The molecule has 0 unspecified atom stereocenters. The minimum atomic E-state index is -4.48. The van der Waals surface area contributed by atoms with Gasteiger partial charge in [0, 0.05) is 12.4 Å². The van der Waals surface area contributed by atoms with E-state index in [0.29, 0.717) is 0 Å². The van der Waals surface area contributed by atoms with Crippen molar-refractivity contribution >= 4 is 21.8 Å². The summed E-state index contributed by atoms with van der Waals surface area (Å²) in [6.45, 7) is 0. The first kappa shape index (κ1) is 19.5. The molecule has 9 heteroatoms. The summed E-state index contributed by atoms with van der Waals surface area (Å²) in [5, 5.41) is 10.0. The molecule has 1 aliphatic rings. The fourth-order valence-electron chi connectivity index (χ4n) is 3.79. The number of methoxy groups -OCH3 is 2. The molecule has 1 heterocycles. The first-order chi connectivity index (χ1) is 13.4. The van der Waals surface area contributed by atoms with Gasteiger partial charge in [-0.2, -0.15) is 5.26 Å². The summed E-state index contributed by atoms with van der Waals surface area (Å²) in [5.74, 6) is -3.66. The average molecular weight is 400 g/mol. The number of esters is 2. The Morgan fingerprint density at radius 2 is 1.68 bits per heavy atom. The highest BCUT2D eigenvalue weighted by atomic mass is 32.2. The maximum Gasteiger partial charge on any atom is 0.326 e. The third-order valence-corrected chi connectivity index (χ3v) is 7.41. The van der Waals surface area contributed by atoms with Crippen LogP contribution in [0.1, 0.15) is 11.5 Å². The van der Waals surface area contributed by atoms with E-state index in [4.69, 9.17) is 9.47 Å². The number of ether oxygens (including phenoxy) is 2. The SMILES string of the molecule is COC(=O)C1(C(=O)OC)[C@@H](c2cccnc2)[C@]1(C#N)S(=O)(=O)c1ccccc1. The van der Waals surface area contributed by atoms with Gasteiger partial charge in [-0.3, -0.25) is 14.6 Å². The van der Waals surface area contributed by atoms with Gasteiger partial charge < -0.3 is 9.47 Å². The number of nitriles is 1. The molecule has 0 bridgehead atoms. The number of benzene rings is 1. The molecule has 2 aromatic rings. The van der Waals surface area contributed by atoms with Crippen LogP contribution in [0.5, 0.6) is 0 Å². The van der Waals surface area contributed by atoms with Gasteiger partial charge >= 0.3 is 11.9 Å². The maximum absolute atomic E-state index is 13.5. The lowest BCUT2D eigenvalue weighted by Gasteiger charge is -2.17. The Bertz CT molecular complexity index is 1050. The van der Waals surface area contributed by atoms with Gasteiger partial charge in [0.15, 0.2) is 14.6 Å². The van der Waals surface area contributed by atoms with Gasteiger partial charge in [-0.1, -0.05) is 24.3 Å². The molecule has 2 atom stereocenters. The molecule has 144 valence electrons. The number of pyridine rings is 1.